The van der Waals surface area contributed by atoms with Crippen molar-refractivity contribution in [3.8, 4) is 0 Å². The van der Waals surface area contributed by atoms with Crippen LogP contribution in [0.5, 0.6) is 0 Å². The lowest BCUT2D eigenvalue weighted by Gasteiger charge is -2.31. The molecule has 0 atom stereocenters. The number of anilines is 1. The molecule has 118 valence electrons. The van der Waals surface area contributed by atoms with Gasteiger partial charge in [0.25, 0.3) is 0 Å². The largest absolute Gasteiger partial charge is 0.319 e. The van der Waals surface area contributed by atoms with E-state index in [1.807, 2.05) is 14.0 Å². The maximum Gasteiger partial charge on any atom is 0.301 e. The highest BCUT2D eigenvalue weighted by atomic mass is 35.5. The molecule has 1 aromatic carbocycles. The van der Waals surface area contributed by atoms with Gasteiger partial charge >= 0.3 is 10.2 Å². The van der Waals surface area contributed by atoms with Crippen molar-refractivity contribution in [2.45, 2.75) is 19.8 Å². The van der Waals surface area contributed by atoms with Crippen LogP contribution in [-0.4, -0.2) is 39.4 Å². The number of benzene rings is 1. The number of hydrogen-bond donors (Lipinski definition) is 2. The molecule has 1 saturated heterocycles. The second-order valence-corrected chi connectivity index (χ2v) is 7.57. The number of hydrogen-bond acceptors (Lipinski definition) is 3. The molecule has 0 aromatic heterocycles. The van der Waals surface area contributed by atoms with Crippen molar-refractivity contribution in [1.82, 2.24) is 9.62 Å². The molecule has 1 aliphatic heterocycles. The summed E-state index contributed by atoms with van der Waals surface area (Å²) < 4.78 is 29.0. The summed E-state index contributed by atoms with van der Waals surface area (Å²) in [6.45, 7) is 3.91. The fraction of sp³-hybridized carbons (Fsp3) is 0.571. The maximum absolute atomic E-state index is 12.4. The number of piperidine rings is 1. The van der Waals surface area contributed by atoms with Gasteiger partial charge in [-0.1, -0.05) is 17.7 Å². The minimum absolute atomic E-state index is 0.519. The molecule has 0 radical (unpaired) electrons. The van der Waals surface area contributed by atoms with Crippen molar-refractivity contribution in [2.75, 3.05) is 31.4 Å². The fourth-order valence-electron chi connectivity index (χ4n) is 2.55. The summed E-state index contributed by atoms with van der Waals surface area (Å²) in [5.74, 6) is 0.550. The minimum atomic E-state index is -3.51. The SMILES string of the molecule is CNCC1CCN(S(=O)(=O)Nc2cc(Cl)ccc2C)CC1. The molecule has 5 nitrogen and oxygen atoms in total. The molecule has 1 heterocycles. The summed E-state index contributed by atoms with van der Waals surface area (Å²) in [7, 11) is -1.59. The van der Waals surface area contributed by atoms with Crippen molar-refractivity contribution in [1.29, 1.82) is 0 Å². The average molecular weight is 332 g/mol. The molecule has 0 unspecified atom stereocenters. The van der Waals surface area contributed by atoms with Crippen molar-refractivity contribution in [2.24, 2.45) is 5.92 Å². The Bertz CT molecular complexity index is 584. The van der Waals surface area contributed by atoms with Gasteiger partial charge in [0.2, 0.25) is 0 Å². The van der Waals surface area contributed by atoms with Gasteiger partial charge < -0.3 is 5.32 Å². The molecule has 0 saturated carbocycles. The van der Waals surface area contributed by atoms with Crippen LogP contribution in [0.3, 0.4) is 0 Å². The topological polar surface area (TPSA) is 61.4 Å². The molecule has 1 aromatic rings. The van der Waals surface area contributed by atoms with Crippen molar-refractivity contribution in [3.05, 3.63) is 28.8 Å². The zero-order valence-corrected chi connectivity index (χ0v) is 14.0. The lowest BCUT2D eigenvalue weighted by atomic mass is 9.98. The van der Waals surface area contributed by atoms with Gasteiger partial charge in [-0.05, 0) is 57.0 Å². The summed E-state index contributed by atoms with van der Waals surface area (Å²) in [6, 6.07) is 5.19. The maximum atomic E-state index is 12.4. The Morgan fingerprint density at radius 1 is 1.33 bits per heavy atom. The van der Waals surface area contributed by atoms with E-state index in [2.05, 4.69) is 10.0 Å². The highest BCUT2D eigenvalue weighted by Gasteiger charge is 2.27. The summed E-state index contributed by atoms with van der Waals surface area (Å²) in [5.41, 5.74) is 1.40. The Morgan fingerprint density at radius 3 is 2.62 bits per heavy atom. The zero-order valence-electron chi connectivity index (χ0n) is 12.4. The second kappa shape index (κ2) is 6.96. The van der Waals surface area contributed by atoms with Gasteiger partial charge in [-0.2, -0.15) is 12.7 Å². The van der Waals surface area contributed by atoms with Gasteiger partial charge in [0, 0.05) is 18.1 Å². The van der Waals surface area contributed by atoms with Crippen molar-refractivity contribution < 1.29 is 8.42 Å². The average Bonchev–Trinajstić information content (AvgIpc) is 2.44. The summed E-state index contributed by atoms with van der Waals surface area (Å²) in [5, 5.41) is 3.67. The van der Waals surface area contributed by atoms with Gasteiger partial charge in [0.1, 0.15) is 0 Å². The van der Waals surface area contributed by atoms with Crippen LogP contribution in [0.4, 0.5) is 5.69 Å². The summed E-state index contributed by atoms with van der Waals surface area (Å²) in [4.78, 5) is 0. The minimum Gasteiger partial charge on any atom is -0.319 e. The van der Waals surface area contributed by atoms with E-state index >= 15 is 0 Å². The monoisotopic (exact) mass is 331 g/mol. The van der Waals surface area contributed by atoms with E-state index in [0.29, 0.717) is 29.7 Å². The van der Waals surface area contributed by atoms with Crippen LogP contribution in [0.2, 0.25) is 5.02 Å². The molecule has 1 fully saturated rings. The Kier molecular flexibility index (Phi) is 5.48. The van der Waals surface area contributed by atoms with Crippen LogP contribution in [-0.2, 0) is 10.2 Å². The second-order valence-electron chi connectivity index (χ2n) is 5.47. The standard InChI is InChI=1S/C14H22ClN3O2S/c1-11-3-4-13(15)9-14(11)17-21(19,20)18-7-5-12(6-8-18)10-16-2/h3-4,9,12,16-17H,5-8,10H2,1-2H3. The van der Waals surface area contributed by atoms with Crippen LogP contribution in [0.15, 0.2) is 18.2 Å². The highest BCUT2D eigenvalue weighted by Crippen LogP contribution is 2.24. The van der Waals surface area contributed by atoms with Crippen LogP contribution >= 0.6 is 11.6 Å². The number of halogens is 1. The molecule has 1 aliphatic rings. The molecule has 7 heteroatoms. The molecular weight excluding hydrogens is 310 g/mol. The molecule has 0 spiro atoms. The Morgan fingerprint density at radius 2 is 2.00 bits per heavy atom. The van der Waals surface area contributed by atoms with Crippen molar-refractivity contribution >= 4 is 27.5 Å². The summed E-state index contributed by atoms with van der Waals surface area (Å²) >= 11 is 5.93. The van der Waals surface area contributed by atoms with E-state index in [0.717, 1.165) is 24.9 Å². The normalized spacial score (nSPS) is 17.9. The van der Waals surface area contributed by atoms with Crippen LogP contribution in [0.25, 0.3) is 0 Å². The van der Waals surface area contributed by atoms with Gasteiger partial charge in [-0.3, -0.25) is 4.72 Å². The van der Waals surface area contributed by atoms with Crippen molar-refractivity contribution in [3.63, 3.8) is 0 Å². The number of rotatable bonds is 5. The summed E-state index contributed by atoms with van der Waals surface area (Å²) in [6.07, 6.45) is 1.77. The Balaban J connectivity index is 2.04. The van der Waals surface area contributed by atoms with E-state index < -0.39 is 10.2 Å². The zero-order chi connectivity index (χ0) is 15.5. The van der Waals surface area contributed by atoms with E-state index in [1.165, 1.54) is 4.31 Å². The first kappa shape index (κ1) is 16.5. The van der Waals surface area contributed by atoms with Crippen LogP contribution in [0.1, 0.15) is 18.4 Å². The first-order valence-corrected chi connectivity index (χ1v) is 8.93. The number of nitrogens with zero attached hydrogens (tertiary/aromatic N) is 1. The van der Waals surface area contributed by atoms with Gasteiger partial charge in [-0.15, -0.1) is 0 Å². The smallest absolute Gasteiger partial charge is 0.301 e. The molecular formula is C14H22ClN3O2S. The van der Waals surface area contributed by atoms with Gasteiger partial charge in [0.05, 0.1) is 5.69 Å². The van der Waals surface area contributed by atoms with E-state index in [4.69, 9.17) is 11.6 Å². The third-order valence-electron chi connectivity index (χ3n) is 3.84. The quantitative estimate of drug-likeness (QED) is 0.869. The lowest BCUT2D eigenvalue weighted by Crippen LogP contribution is -2.43. The molecule has 2 N–H and O–H groups in total. The lowest BCUT2D eigenvalue weighted by molar-refractivity contribution is 0.272. The van der Waals surface area contributed by atoms with Gasteiger partial charge in [0.15, 0.2) is 0 Å². The Labute approximate surface area is 131 Å². The first-order chi connectivity index (χ1) is 9.92. The molecule has 21 heavy (non-hydrogen) atoms. The number of nitrogens with one attached hydrogen (secondary N) is 2. The predicted molar refractivity (Wildman–Crippen MR) is 87.0 cm³/mol. The van der Waals surface area contributed by atoms with Gasteiger partial charge in [-0.25, -0.2) is 0 Å². The predicted octanol–water partition coefficient (Wildman–Crippen LogP) is 2.24. The Hall–Kier alpha value is -0.820. The first-order valence-electron chi connectivity index (χ1n) is 7.11. The van der Waals surface area contributed by atoms with Crippen LogP contribution < -0.4 is 10.0 Å². The molecule has 0 bridgehead atoms. The van der Waals surface area contributed by atoms with E-state index in [-0.39, 0.29) is 0 Å². The van der Waals surface area contributed by atoms with Crippen LogP contribution in [0, 0.1) is 12.8 Å². The number of aryl methyl sites for hydroxylation is 1. The fourth-order valence-corrected chi connectivity index (χ4v) is 4.04. The van der Waals surface area contributed by atoms with E-state index in [1.54, 1.807) is 18.2 Å². The molecule has 2 rings (SSSR count). The van der Waals surface area contributed by atoms with E-state index in [9.17, 15) is 8.42 Å². The molecule has 0 amide bonds. The highest BCUT2D eigenvalue weighted by molar-refractivity contribution is 7.90. The molecule has 0 aliphatic carbocycles. The third kappa shape index (κ3) is 4.32. The third-order valence-corrected chi connectivity index (χ3v) is 5.60.